The minimum absolute atomic E-state index is 0.188. The van der Waals surface area contributed by atoms with Crippen molar-refractivity contribution in [2.75, 3.05) is 6.67 Å². The SMILES string of the molecule is O=C(O)C=CC(F)CCCCF. The van der Waals surface area contributed by atoms with Crippen molar-refractivity contribution in [3.8, 4) is 0 Å². The van der Waals surface area contributed by atoms with Crippen LogP contribution < -0.4 is 0 Å². The molecule has 0 radical (unpaired) electrons. The van der Waals surface area contributed by atoms with E-state index in [0.29, 0.717) is 12.8 Å². The highest BCUT2D eigenvalue weighted by molar-refractivity contribution is 5.79. The number of allylic oxidation sites excluding steroid dienone is 1. The first kappa shape index (κ1) is 11.1. The second-order valence-corrected chi connectivity index (χ2v) is 2.40. The van der Waals surface area contributed by atoms with Gasteiger partial charge in [-0.05, 0) is 25.3 Å². The van der Waals surface area contributed by atoms with Gasteiger partial charge in [0.2, 0.25) is 0 Å². The molecule has 0 amide bonds. The summed E-state index contributed by atoms with van der Waals surface area (Å²) < 4.78 is 24.1. The summed E-state index contributed by atoms with van der Waals surface area (Å²) in [4.78, 5) is 9.92. The Morgan fingerprint density at radius 2 is 2.17 bits per heavy atom. The van der Waals surface area contributed by atoms with E-state index in [-0.39, 0.29) is 6.42 Å². The monoisotopic (exact) mass is 178 g/mol. The normalized spacial score (nSPS) is 13.5. The topological polar surface area (TPSA) is 37.3 Å². The van der Waals surface area contributed by atoms with E-state index < -0.39 is 18.8 Å². The lowest BCUT2D eigenvalue weighted by Crippen LogP contribution is -1.97. The number of hydrogen-bond acceptors (Lipinski definition) is 1. The van der Waals surface area contributed by atoms with Gasteiger partial charge in [-0.1, -0.05) is 0 Å². The first-order valence-corrected chi connectivity index (χ1v) is 3.78. The molecule has 0 heterocycles. The number of rotatable bonds is 6. The van der Waals surface area contributed by atoms with Gasteiger partial charge in [0.25, 0.3) is 0 Å². The number of alkyl halides is 2. The maximum absolute atomic E-state index is 12.6. The van der Waals surface area contributed by atoms with Crippen LogP contribution in [0, 0.1) is 0 Å². The Bertz CT molecular complexity index is 157. The van der Waals surface area contributed by atoms with Gasteiger partial charge >= 0.3 is 5.97 Å². The molecule has 70 valence electrons. The van der Waals surface area contributed by atoms with Crippen LogP contribution in [0.15, 0.2) is 12.2 Å². The van der Waals surface area contributed by atoms with E-state index in [2.05, 4.69) is 0 Å². The molecule has 0 fully saturated rings. The van der Waals surface area contributed by atoms with Crippen LogP contribution in [0.1, 0.15) is 19.3 Å². The number of carbonyl (C=O) groups is 1. The van der Waals surface area contributed by atoms with Crippen molar-refractivity contribution >= 4 is 5.97 Å². The van der Waals surface area contributed by atoms with Gasteiger partial charge in [0.05, 0.1) is 6.67 Å². The van der Waals surface area contributed by atoms with E-state index in [0.717, 1.165) is 12.2 Å². The van der Waals surface area contributed by atoms with Gasteiger partial charge in [0.1, 0.15) is 6.17 Å². The molecule has 1 N–H and O–H groups in total. The van der Waals surface area contributed by atoms with Gasteiger partial charge in [-0.2, -0.15) is 0 Å². The molecule has 1 unspecified atom stereocenters. The molecule has 0 saturated heterocycles. The van der Waals surface area contributed by atoms with Gasteiger partial charge < -0.3 is 5.11 Å². The summed E-state index contributed by atoms with van der Waals surface area (Å²) in [5.74, 6) is -1.16. The van der Waals surface area contributed by atoms with Crippen molar-refractivity contribution in [1.82, 2.24) is 0 Å². The van der Waals surface area contributed by atoms with Crippen molar-refractivity contribution in [1.29, 1.82) is 0 Å². The van der Waals surface area contributed by atoms with E-state index in [4.69, 9.17) is 5.11 Å². The van der Waals surface area contributed by atoms with Crippen LogP contribution in [0.5, 0.6) is 0 Å². The van der Waals surface area contributed by atoms with E-state index in [9.17, 15) is 13.6 Å². The lowest BCUT2D eigenvalue weighted by Gasteiger charge is -1.99. The van der Waals surface area contributed by atoms with Crippen LogP contribution >= 0.6 is 0 Å². The Balaban J connectivity index is 3.45. The molecule has 0 aromatic rings. The van der Waals surface area contributed by atoms with Gasteiger partial charge in [0.15, 0.2) is 0 Å². The molecule has 0 aromatic heterocycles. The molecule has 0 aromatic carbocycles. The zero-order valence-electron chi connectivity index (χ0n) is 6.67. The second kappa shape index (κ2) is 6.76. The van der Waals surface area contributed by atoms with Crippen LogP contribution in [-0.4, -0.2) is 23.9 Å². The fourth-order valence-electron chi connectivity index (χ4n) is 0.717. The zero-order chi connectivity index (χ0) is 9.40. The number of unbranched alkanes of at least 4 members (excludes halogenated alkanes) is 1. The summed E-state index contributed by atoms with van der Waals surface area (Å²) in [7, 11) is 0. The Morgan fingerprint density at radius 1 is 1.50 bits per heavy atom. The van der Waals surface area contributed by atoms with E-state index in [1.165, 1.54) is 0 Å². The third-order valence-electron chi connectivity index (χ3n) is 1.31. The van der Waals surface area contributed by atoms with Crippen molar-refractivity contribution < 1.29 is 18.7 Å². The maximum atomic E-state index is 12.6. The predicted octanol–water partition coefficient (Wildman–Crippen LogP) is 2.11. The first-order valence-electron chi connectivity index (χ1n) is 3.78. The van der Waals surface area contributed by atoms with Crippen LogP contribution in [-0.2, 0) is 4.79 Å². The Morgan fingerprint density at radius 3 is 2.67 bits per heavy atom. The summed E-state index contributed by atoms with van der Waals surface area (Å²) in [6.07, 6.45) is 1.43. The minimum Gasteiger partial charge on any atom is -0.478 e. The van der Waals surface area contributed by atoms with E-state index >= 15 is 0 Å². The number of aliphatic carboxylic acids is 1. The smallest absolute Gasteiger partial charge is 0.328 e. The molecule has 0 aliphatic heterocycles. The van der Waals surface area contributed by atoms with Gasteiger partial charge in [0, 0.05) is 6.08 Å². The fraction of sp³-hybridized carbons (Fsp3) is 0.625. The molecule has 1 atom stereocenters. The largest absolute Gasteiger partial charge is 0.478 e. The second-order valence-electron chi connectivity index (χ2n) is 2.40. The molecule has 0 aliphatic rings. The molecule has 0 aliphatic carbocycles. The maximum Gasteiger partial charge on any atom is 0.328 e. The summed E-state index contributed by atoms with van der Waals surface area (Å²) in [6, 6.07) is 0. The van der Waals surface area contributed by atoms with Gasteiger partial charge in [-0.25, -0.2) is 9.18 Å². The van der Waals surface area contributed by atoms with E-state index in [1.807, 2.05) is 0 Å². The highest BCUT2D eigenvalue weighted by atomic mass is 19.1. The number of carboxylic acids is 1. The highest BCUT2D eigenvalue weighted by Gasteiger charge is 2.01. The minimum atomic E-state index is -1.27. The van der Waals surface area contributed by atoms with Gasteiger partial charge in [-0.3, -0.25) is 4.39 Å². The van der Waals surface area contributed by atoms with Crippen molar-refractivity contribution in [3.63, 3.8) is 0 Å². The lowest BCUT2D eigenvalue weighted by molar-refractivity contribution is -0.131. The van der Waals surface area contributed by atoms with E-state index in [1.54, 1.807) is 0 Å². The molecule has 4 heteroatoms. The number of carboxylic acid groups (broad SMARTS) is 1. The zero-order valence-corrected chi connectivity index (χ0v) is 6.67. The quantitative estimate of drug-likeness (QED) is 0.499. The van der Waals surface area contributed by atoms with Crippen molar-refractivity contribution in [3.05, 3.63) is 12.2 Å². The molecule has 0 rings (SSSR count). The van der Waals surface area contributed by atoms with Crippen LogP contribution in [0.25, 0.3) is 0 Å². The Kier molecular flexibility index (Phi) is 6.24. The van der Waals surface area contributed by atoms with Crippen LogP contribution in [0.3, 0.4) is 0 Å². The van der Waals surface area contributed by atoms with Crippen molar-refractivity contribution in [2.24, 2.45) is 0 Å². The van der Waals surface area contributed by atoms with Crippen LogP contribution in [0.2, 0.25) is 0 Å². The van der Waals surface area contributed by atoms with Gasteiger partial charge in [-0.15, -0.1) is 0 Å². The average Bonchev–Trinajstić information content (AvgIpc) is 2.01. The molecule has 0 spiro atoms. The first-order chi connectivity index (χ1) is 5.66. The summed E-state index contributed by atoms with van der Waals surface area (Å²) in [5, 5.41) is 8.12. The fourth-order valence-corrected chi connectivity index (χ4v) is 0.717. The molecular formula is C8H12F2O2. The number of hydrogen-bond donors (Lipinski definition) is 1. The summed E-state index contributed by atoms with van der Waals surface area (Å²) >= 11 is 0. The summed E-state index contributed by atoms with van der Waals surface area (Å²) in [6.45, 7) is -0.449. The molecule has 2 nitrogen and oxygen atoms in total. The standard InChI is InChI=1S/C8H12F2O2/c9-6-2-1-3-7(10)4-5-8(11)12/h4-5,7H,1-3,6H2,(H,11,12). The number of halogens is 2. The predicted molar refractivity (Wildman–Crippen MR) is 41.5 cm³/mol. The third kappa shape index (κ3) is 7.18. The van der Waals surface area contributed by atoms with Crippen LogP contribution in [0.4, 0.5) is 8.78 Å². The highest BCUT2D eigenvalue weighted by Crippen LogP contribution is 2.06. The molecule has 0 saturated carbocycles. The van der Waals surface area contributed by atoms with Crippen molar-refractivity contribution in [2.45, 2.75) is 25.4 Å². The molecule has 0 bridgehead atoms. The molecular weight excluding hydrogens is 166 g/mol. The lowest BCUT2D eigenvalue weighted by atomic mass is 10.2. The Hall–Kier alpha value is -0.930. The third-order valence-corrected chi connectivity index (χ3v) is 1.31. The summed E-state index contributed by atoms with van der Waals surface area (Å²) in [5.41, 5.74) is 0. The Labute approximate surface area is 69.9 Å². The molecule has 12 heavy (non-hydrogen) atoms. The average molecular weight is 178 g/mol.